The highest BCUT2D eigenvalue weighted by Gasteiger charge is 2.14. The van der Waals surface area contributed by atoms with Crippen LogP contribution in [0.3, 0.4) is 0 Å². The number of benzene rings is 1. The van der Waals surface area contributed by atoms with Crippen LogP contribution in [0.4, 0.5) is 17.3 Å². The number of hydrogen-bond donors (Lipinski definition) is 2. The number of rotatable bonds is 4. The van der Waals surface area contributed by atoms with Crippen LogP contribution in [0, 0.1) is 6.92 Å². The zero-order valence-corrected chi connectivity index (χ0v) is 16.5. The normalized spacial score (nSPS) is 14.5. The minimum absolute atomic E-state index is 0.539. The number of nitrogens with zero attached hydrogens (tertiary/aromatic N) is 7. The quantitative estimate of drug-likeness (QED) is 0.552. The van der Waals surface area contributed by atoms with E-state index < -0.39 is 0 Å². The van der Waals surface area contributed by atoms with Crippen molar-refractivity contribution in [2.45, 2.75) is 6.92 Å². The summed E-state index contributed by atoms with van der Waals surface area (Å²) in [6.07, 6.45) is 7.21. The highest BCUT2D eigenvalue weighted by molar-refractivity contribution is 5.65. The standard InChI is InChI=1S/C20H23N9/c1-14-9-16(3-4-17(14)28-7-5-21-6-8-28)24-20-25-19-12-22-11-18(29(19)26-20)15-10-23-27(2)13-15/h3-4,9-13,21H,5-8H2,1-2H3,(H,24,26). The third kappa shape index (κ3) is 3.40. The van der Waals surface area contributed by atoms with E-state index in [-0.39, 0.29) is 0 Å². The monoisotopic (exact) mass is 389 g/mol. The van der Waals surface area contributed by atoms with Gasteiger partial charge in [-0.25, -0.2) is 4.52 Å². The fourth-order valence-corrected chi connectivity index (χ4v) is 3.74. The molecule has 0 radical (unpaired) electrons. The number of piperazine rings is 1. The number of hydrogen-bond acceptors (Lipinski definition) is 7. The van der Waals surface area contributed by atoms with Gasteiger partial charge in [0.1, 0.15) is 0 Å². The Morgan fingerprint density at radius 2 is 1.97 bits per heavy atom. The topological polar surface area (TPSA) is 88.2 Å². The van der Waals surface area contributed by atoms with Gasteiger partial charge in [0.2, 0.25) is 5.95 Å². The van der Waals surface area contributed by atoms with Crippen LogP contribution >= 0.6 is 0 Å². The van der Waals surface area contributed by atoms with Crippen LogP contribution in [-0.4, -0.2) is 55.5 Å². The summed E-state index contributed by atoms with van der Waals surface area (Å²) >= 11 is 0. The molecule has 1 aliphatic heterocycles. The molecule has 0 unspecified atom stereocenters. The van der Waals surface area contributed by atoms with Crippen molar-refractivity contribution in [3.05, 3.63) is 48.5 Å². The fourth-order valence-electron chi connectivity index (χ4n) is 3.74. The number of anilines is 3. The molecule has 4 heterocycles. The maximum atomic E-state index is 4.63. The second kappa shape index (κ2) is 7.17. The van der Waals surface area contributed by atoms with Crippen molar-refractivity contribution < 1.29 is 0 Å². The average Bonchev–Trinajstić information content (AvgIpc) is 3.34. The predicted molar refractivity (Wildman–Crippen MR) is 113 cm³/mol. The van der Waals surface area contributed by atoms with Gasteiger partial charge in [0.15, 0.2) is 5.65 Å². The molecular formula is C20H23N9. The van der Waals surface area contributed by atoms with Crippen molar-refractivity contribution in [3.8, 4) is 11.3 Å². The van der Waals surface area contributed by atoms with Gasteiger partial charge >= 0.3 is 0 Å². The van der Waals surface area contributed by atoms with Crippen LogP contribution in [0.25, 0.3) is 16.9 Å². The van der Waals surface area contributed by atoms with Crippen molar-refractivity contribution in [1.29, 1.82) is 0 Å². The zero-order valence-electron chi connectivity index (χ0n) is 16.5. The van der Waals surface area contributed by atoms with Gasteiger partial charge < -0.3 is 15.5 Å². The van der Waals surface area contributed by atoms with Crippen LogP contribution in [-0.2, 0) is 7.05 Å². The summed E-state index contributed by atoms with van der Waals surface area (Å²) in [5.41, 5.74) is 5.96. The maximum absolute atomic E-state index is 4.63. The van der Waals surface area contributed by atoms with Crippen molar-refractivity contribution in [1.82, 2.24) is 34.7 Å². The lowest BCUT2D eigenvalue weighted by molar-refractivity contribution is 0.588. The van der Waals surface area contributed by atoms with Crippen molar-refractivity contribution in [3.63, 3.8) is 0 Å². The first-order valence-electron chi connectivity index (χ1n) is 9.70. The summed E-state index contributed by atoms with van der Waals surface area (Å²) in [5, 5.41) is 15.6. The second-order valence-electron chi connectivity index (χ2n) is 7.26. The summed E-state index contributed by atoms with van der Waals surface area (Å²) in [6, 6.07) is 6.39. The van der Waals surface area contributed by atoms with E-state index >= 15 is 0 Å². The van der Waals surface area contributed by atoms with Gasteiger partial charge in [0.05, 0.1) is 24.3 Å². The first kappa shape index (κ1) is 17.6. The molecule has 0 amide bonds. The lowest BCUT2D eigenvalue weighted by Crippen LogP contribution is -2.43. The minimum Gasteiger partial charge on any atom is -0.369 e. The molecule has 1 saturated heterocycles. The maximum Gasteiger partial charge on any atom is 0.247 e. The zero-order chi connectivity index (χ0) is 19.8. The Morgan fingerprint density at radius 1 is 1.10 bits per heavy atom. The first-order valence-corrected chi connectivity index (χ1v) is 9.70. The first-order chi connectivity index (χ1) is 14.2. The Morgan fingerprint density at radius 3 is 2.72 bits per heavy atom. The number of fused-ring (bicyclic) bond motifs is 1. The SMILES string of the molecule is Cc1cc(Nc2nc3cncc(-c4cnn(C)c4)n3n2)ccc1N1CCNCC1. The van der Waals surface area contributed by atoms with Gasteiger partial charge in [-0.2, -0.15) is 10.1 Å². The van der Waals surface area contributed by atoms with Crippen molar-refractivity contribution in [2.75, 3.05) is 36.4 Å². The Bertz CT molecular complexity index is 1150. The molecule has 9 nitrogen and oxygen atoms in total. The van der Waals surface area contributed by atoms with E-state index in [2.05, 4.69) is 60.8 Å². The van der Waals surface area contributed by atoms with Gasteiger partial charge in [0, 0.05) is 56.4 Å². The van der Waals surface area contributed by atoms with Crippen LogP contribution in [0.1, 0.15) is 5.56 Å². The molecular weight excluding hydrogens is 366 g/mol. The van der Waals surface area contributed by atoms with Crippen LogP contribution in [0.15, 0.2) is 43.0 Å². The van der Waals surface area contributed by atoms with E-state index in [9.17, 15) is 0 Å². The molecule has 9 heteroatoms. The number of nitrogens with one attached hydrogen (secondary N) is 2. The molecule has 3 aromatic heterocycles. The Hall–Kier alpha value is -3.46. The summed E-state index contributed by atoms with van der Waals surface area (Å²) < 4.78 is 3.54. The van der Waals surface area contributed by atoms with Crippen LogP contribution < -0.4 is 15.5 Å². The van der Waals surface area contributed by atoms with Gasteiger partial charge in [0.25, 0.3) is 0 Å². The molecule has 0 atom stereocenters. The van der Waals surface area contributed by atoms with E-state index in [0.29, 0.717) is 11.6 Å². The van der Waals surface area contributed by atoms with E-state index in [1.807, 2.05) is 13.2 Å². The summed E-state index contributed by atoms with van der Waals surface area (Å²) in [6.45, 7) is 6.26. The van der Waals surface area contributed by atoms with Gasteiger partial charge in [-0.05, 0) is 30.7 Å². The molecule has 5 rings (SSSR count). The minimum atomic E-state index is 0.539. The smallest absolute Gasteiger partial charge is 0.247 e. The summed E-state index contributed by atoms with van der Waals surface area (Å²) in [5.74, 6) is 0.539. The van der Waals surface area contributed by atoms with Gasteiger partial charge in [-0.3, -0.25) is 9.67 Å². The summed E-state index contributed by atoms with van der Waals surface area (Å²) in [4.78, 5) is 11.3. The number of aromatic nitrogens is 6. The molecule has 0 saturated carbocycles. The Balaban J connectivity index is 1.42. The number of aryl methyl sites for hydroxylation is 2. The van der Waals surface area contributed by atoms with Crippen LogP contribution in [0.2, 0.25) is 0 Å². The van der Waals surface area contributed by atoms with Gasteiger partial charge in [-0.1, -0.05) is 0 Å². The third-order valence-corrected chi connectivity index (χ3v) is 5.16. The van der Waals surface area contributed by atoms with Crippen LogP contribution in [0.5, 0.6) is 0 Å². The summed E-state index contributed by atoms with van der Waals surface area (Å²) in [7, 11) is 1.89. The largest absolute Gasteiger partial charge is 0.369 e. The van der Waals surface area contributed by atoms with E-state index in [1.54, 1.807) is 27.8 Å². The lowest BCUT2D eigenvalue weighted by atomic mass is 10.1. The van der Waals surface area contributed by atoms with E-state index in [1.165, 1.54) is 11.3 Å². The van der Waals surface area contributed by atoms with Crippen molar-refractivity contribution >= 4 is 23.0 Å². The van der Waals surface area contributed by atoms with E-state index in [4.69, 9.17) is 0 Å². The van der Waals surface area contributed by atoms with Gasteiger partial charge in [-0.15, -0.1) is 5.10 Å². The second-order valence-corrected chi connectivity index (χ2v) is 7.26. The molecule has 148 valence electrons. The third-order valence-electron chi connectivity index (χ3n) is 5.16. The predicted octanol–water partition coefficient (Wildman–Crippen LogP) is 1.99. The highest BCUT2D eigenvalue weighted by atomic mass is 15.4. The molecule has 4 aromatic rings. The average molecular weight is 389 g/mol. The molecule has 0 bridgehead atoms. The Kier molecular flexibility index (Phi) is 4.36. The van der Waals surface area contributed by atoms with E-state index in [0.717, 1.165) is 43.1 Å². The lowest BCUT2D eigenvalue weighted by Gasteiger charge is -2.30. The molecule has 0 spiro atoms. The molecule has 29 heavy (non-hydrogen) atoms. The molecule has 2 N–H and O–H groups in total. The fraction of sp³-hybridized carbons (Fsp3) is 0.300. The molecule has 0 aliphatic carbocycles. The molecule has 1 fully saturated rings. The Labute approximate surface area is 168 Å². The van der Waals surface area contributed by atoms with Crippen molar-refractivity contribution in [2.24, 2.45) is 7.05 Å². The molecule has 1 aromatic carbocycles. The highest BCUT2D eigenvalue weighted by Crippen LogP contribution is 2.26. The molecule has 1 aliphatic rings.